The van der Waals surface area contributed by atoms with Crippen LogP contribution in [0.25, 0.3) is 0 Å². The summed E-state index contributed by atoms with van der Waals surface area (Å²) in [6.07, 6.45) is 1.60. The molecule has 0 unspecified atom stereocenters. The predicted octanol–water partition coefficient (Wildman–Crippen LogP) is 1.79. The number of hydrogen-bond acceptors (Lipinski definition) is 4. The van der Waals surface area contributed by atoms with Crippen LogP contribution in [0.15, 0.2) is 18.2 Å². The van der Waals surface area contributed by atoms with Crippen molar-refractivity contribution in [1.29, 1.82) is 0 Å². The molecule has 0 saturated carbocycles. The minimum Gasteiger partial charge on any atom is -0.399 e. The third kappa shape index (κ3) is 7.11. The van der Waals surface area contributed by atoms with Crippen molar-refractivity contribution < 1.29 is 4.79 Å². The second kappa shape index (κ2) is 8.64. The summed E-state index contributed by atoms with van der Waals surface area (Å²) in [5.74, 6) is 0.0307. The van der Waals surface area contributed by atoms with E-state index in [1.807, 2.05) is 19.1 Å². The quantitative estimate of drug-likeness (QED) is 0.717. The fourth-order valence-corrected chi connectivity index (χ4v) is 2.05. The van der Waals surface area contributed by atoms with E-state index in [4.69, 9.17) is 5.73 Å². The summed E-state index contributed by atoms with van der Waals surface area (Å²) in [5.41, 5.74) is 8.23. The Morgan fingerprint density at radius 3 is 2.57 bits per heavy atom. The first kappa shape index (κ1) is 17.5. The molecule has 1 rings (SSSR count). The van der Waals surface area contributed by atoms with Crippen LogP contribution in [0.4, 0.5) is 11.4 Å². The molecule has 1 aromatic rings. The van der Waals surface area contributed by atoms with Crippen molar-refractivity contribution in [3.63, 3.8) is 0 Å². The molecule has 0 spiro atoms. The minimum atomic E-state index is 0.0307. The zero-order chi connectivity index (χ0) is 15.8. The van der Waals surface area contributed by atoms with E-state index in [2.05, 4.69) is 36.3 Å². The number of rotatable bonds is 8. The lowest BCUT2D eigenvalue weighted by Crippen LogP contribution is -2.27. The van der Waals surface area contributed by atoms with Gasteiger partial charge in [0.25, 0.3) is 0 Å². The number of carbonyl (C=O) groups is 1. The van der Waals surface area contributed by atoms with E-state index in [0.29, 0.717) is 12.1 Å². The lowest BCUT2D eigenvalue weighted by Gasteiger charge is -2.18. The summed E-state index contributed by atoms with van der Waals surface area (Å²) in [6, 6.07) is 5.55. The van der Waals surface area contributed by atoms with E-state index in [1.165, 1.54) is 0 Å². The van der Waals surface area contributed by atoms with Gasteiger partial charge in [0.05, 0.1) is 0 Å². The molecule has 3 N–H and O–H groups in total. The zero-order valence-corrected chi connectivity index (χ0v) is 13.6. The largest absolute Gasteiger partial charge is 0.399 e. The molecule has 0 atom stereocenters. The Labute approximate surface area is 128 Å². The molecule has 5 heteroatoms. The normalized spacial score (nSPS) is 11.1. The van der Waals surface area contributed by atoms with Gasteiger partial charge in [0.15, 0.2) is 0 Å². The SMILES string of the molecule is Cc1ccc(N)cc1NC(=O)CCN(C)CCCN(C)C. The molecule has 0 aromatic heterocycles. The van der Waals surface area contributed by atoms with Crippen molar-refractivity contribution in [1.82, 2.24) is 9.80 Å². The van der Waals surface area contributed by atoms with Crippen LogP contribution in [-0.2, 0) is 4.79 Å². The smallest absolute Gasteiger partial charge is 0.225 e. The van der Waals surface area contributed by atoms with E-state index in [9.17, 15) is 4.79 Å². The number of aryl methyl sites for hydroxylation is 1. The van der Waals surface area contributed by atoms with Gasteiger partial charge in [-0.3, -0.25) is 4.79 Å². The van der Waals surface area contributed by atoms with Crippen LogP contribution in [0, 0.1) is 6.92 Å². The van der Waals surface area contributed by atoms with Gasteiger partial charge in [-0.05, 0) is 65.3 Å². The highest BCUT2D eigenvalue weighted by atomic mass is 16.1. The number of nitrogens with zero attached hydrogens (tertiary/aromatic N) is 2. The number of carbonyl (C=O) groups excluding carboxylic acids is 1. The van der Waals surface area contributed by atoms with E-state index in [1.54, 1.807) is 6.07 Å². The van der Waals surface area contributed by atoms with E-state index in [0.717, 1.165) is 37.3 Å². The van der Waals surface area contributed by atoms with Crippen molar-refractivity contribution in [2.24, 2.45) is 0 Å². The van der Waals surface area contributed by atoms with Crippen molar-refractivity contribution in [3.8, 4) is 0 Å². The van der Waals surface area contributed by atoms with Crippen LogP contribution < -0.4 is 11.1 Å². The molecule has 0 fully saturated rings. The molecular formula is C16H28N4O. The molecule has 0 saturated heterocycles. The molecule has 118 valence electrons. The van der Waals surface area contributed by atoms with Gasteiger partial charge in [-0.1, -0.05) is 6.07 Å². The number of amides is 1. The van der Waals surface area contributed by atoms with Crippen LogP contribution in [0.2, 0.25) is 0 Å². The van der Waals surface area contributed by atoms with E-state index >= 15 is 0 Å². The molecule has 0 aliphatic rings. The standard InChI is InChI=1S/C16H28N4O/c1-13-6-7-14(17)12-15(13)18-16(21)8-11-20(4)10-5-9-19(2)3/h6-7,12H,5,8-11,17H2,1-4H3,(H,18,21). The first-order chi connectivity index (χ1) is 9.88. The summed E-state index contributed by atoms with van der Waals surface area (Å²) in [6.45, 7) is 4.80. The van der Waals surface area contributed by atoms with Crippen LogP contribution in [-0.4, -0.2) is 56.5 Å². The first-order valence-electron chi connectivity index (χ1n) is 7.37. The molecule has 5 nitrogen and oxygen atoms in total. The Morgan fingerprint density at radius 1 is 1.19 bits per heavy atom. The highest BCUT2D eigenvalue weighted by Gasteiger charge is 2.07. The second-order valence-electron chi connectivity index (χ2n) is 5.83. The van der Waals surface area contributed by atoms with Gasteiger partial charge in [-0.2, -0.15) is 0 Å². The van der Waals surface area contributed by atoms with Gasteiger partial charge in [-0.25, -0.2) is 0 Å². The fourth-order valence-electron chi connectivity index (χ4n) is 2.05. The first-order valence-corrected chi connectivity index (χ1v) is 7.37. The van der Waals surface area contributed by atoms with Gasteiger partial charge in [0, 0.05) is 24.3 Å². The summed E-state index contributed by atoms with van der Waals surface area (Å²) < 4.78 is 0. The molecule has 0 radical (unpaired) electrons. The van der Waals surface area contributed by atoms with Gasteiger partial charge < -0.3 is 20.9 Å². The number of hydrogen-bond donors (Lipinski definition) is 2. The van der Waals surface area contributed by atoms with Crippen LogP contribution in [0.3, 0.4) is 0 Å². The third-order valence-corrected chi connectivity index (χ3v) is 3.40. The predicted molar refractivity (Wildman–Crippen MR) is 89.5 cm³/mol. The zero-order valence-electron chi connectivity index (χ0n) is 13.6. The Morgan fingerprint density at radius 2 is 1.90 bits per heavy atom. The maximum Gasteiger partial charge on any atom is 0.225 e. The Kier molecular flexibility index (Phi) is 7.19. The topological polar surface area (TPSA) is 61.6 Å². The highest BCUT2D eigenvalue weighted by molar-refractivity contribution is 5.92. The molecular weight excluding hydrogens is 264 g/mol. The molecule has 0 bridgehead atoms. The van der Waals surface area contributed by atoms with Gasteiger partial charge in [0.1, 0.15) is 0 Å². The number of nitrogen functional groups attached to an aromatic ring is 1. The lowest BCUT2D eigenvalue weighted by molar-refractivity contribution is -0.116. The molecule has 0 aliphatic carbocycles. The fraction of sp³-hybridized carbons (Fsp3) is 0.562. The van der Waals surface area contributed by atoms with Crippen LogP contribution in [0.5, 0.6) is 0 Å². The molecule has 0 heterocycles. The Bertz CT molecular complexity index is 460. The number of benzene rings is 1. The van der Waals surface area contributed by atoms with Crippen molar-refractivity contribution >= 4 is 17.3 Å². The van der Waals surface area contributed by atoms with Crippen molar-refractivity contribution in [2.75, 3.05) is 51.8 Å². The number of anilines is 2. The Hall–Kier alpha value is -1.59. The summed E-state index contributed by atoms with van der Waals surface area (Å²) in [7, 11) is 6.19. The highest BCUT2D eigenvalue weighted by Crippen LogP contribution is 2.18. The number of nitrogens with one attached hydrogen (secondary N) is 1. The summed E-state index contributed by atoms with van der Waals surface area (Å²) >= 11 is 0. The van der Waals surface area contributed by atoms with E-state index < -0.39 is 0 Å². The van der Waals surface area contributed by atoms with Crippen LogP contribution in [0.1, 0.15) is 18.4 Å². The summed E-state index contributed by atoms with van der Waals surface area (Å²) in [4.78, 5) is 16.3. The average molecular weight is 292 g/mol. The van der Waals surface area contributed by atoms with Gasteiger partial charge in [0.2, 0.25) is 5.91 Å². The molecule has 21 heavy (non-hydrogen) atoms. The average Bonchev–Trinajstić information content (AvgIpc) is 2.40. The second-order valence-corrected chi connectivity index (χ2v) is 5.83. The molecule has 0 aliphatic heterocycles. The molecule has 1 amide bonds. The maximum atomic E-state index is 12.0. The van der Waals surface area contributed by atoms with Crippen molar-refractivity contribution in [3.05, 3.63) is 23.8 Å². The maximum absolute atomic E-state index is 12.0. The van der Waals surface area contributed by atoms with Crippen molar-refractivity contribution in [2.45, 2.75) is 19.8 Å². The van der Waals surface area contributed by atoms with Crippen LogP contribution >= 0.6 is 0 Å². The Balaban J connectivity index is 2.32. The summed E-state index contributed by atoms with van der Waals surface area (Å²) in [5, 5.41) is 2.93. The monoisotopic (exact) mass is 292 g/mol. The van der Waals surface area contributed by atoms with Gasteiger partial charge >= 0.3 is 0 Å². The molecule has 1 aromatic carbocycles. The lowest BCUT2D eigenvalue weighted by atomic mass is 10.2. The minimum absolute atomic E-state index is 0.0307. The third-order valence-electron chi connectivity index (χ3n) is 3.40. The van der Waals surface area contributed by atoms with Gasteiger partial charge in [-0.15, -0.1) is 0 Å². The van der Waals surface area contributed by atoms with E-state index in [-0.39, 0.29) is 5.91 Å². The number of nitrogens with two attached hydrogens (primary N) is 1.